The number of aromatic nitrogens is 2. The van der Waals surface area contributed by atoms with Crippen LogP contribution in [0.15, 0.2) is 78.9 Å². The molecule has 0 fully saturated rings. The van der Waals surface area contributed by atoms with Crippen molar-refractivity contribution < 1.29 is 45.4 Å². The van der Waals surface area contributed by atoms with Crippen LogP contribution < -0.4 is 4.74 Å². The summed E-state index contributed by atoms with van der Waals surface area (Å²) in [6, 6.07) is 19.2. The fraction of sp³-hybridized carbons (Fsp3) is 0.312. The highest BCUT2D eigenvalue weighted by atomic mass is 19.4. The van der Waals surface area contributed by atoms with Crippen LogP contribution in [0.3, 0.4) is 0 Å². The smallest absolute Gasteiger partial charge is 0.461 e. The second kappa shape index (κ2) is 14.1. The van der Waals surface area contributed by atoms with E-state index in [1.54, 1.807) is 35.2 Å². The van der Waals surface area contributed by atoms with Crippen molar-refractivity contribution in [1.82, 2.24) is 14.5 Å². The van der Waals surface area contributed by atoms with Gasteiger partial charge in [-0.15, -0.1) is 0 Å². The SMILES string of the molecule is CCCCn1c(-c2ccccc2)nc(C(F)(F)F)c1CN(Cc1ccc(C(=O)O)cc1)Cc1cccc(OC(F)(F)C(F)F)c1. The third-order valence-corrected chi connectivity index (χ3v) is 6.90. The van der Waals surface area contributed by atoms with Gasteiger partial charge in [0, 0.05) is 31.7 Å². The average Bonchev–Trinajstić information content (AvgIpc) is 3.35. The molecule has 4 aromatic rings. The molecule has 1 aromatic heterocycles. The van der Waals surface area contributed by atoms with Crippen molar-refractivity contribution in [1.29, 1.82) is 0 Å². The summed E-state index contributed by atoms with van der Waals surface area (Å²) >= 11 is 0. The number of hydrogen-bond donors (Lipinski definition) is 1. The van der Waals surface area contributed by atoms with Gasteiger partial charge in [0.05, 0.1) is 11.3 Å². The lowest BCUT2D eigenvalue weighted by molar-refractivity contribution is -0.253. The second-order valence-electron chi connectivity index (χ2n) is 10.4. The van der Waals surface area contributed by atoms with Crippen molar-refractivity contribution in [3.63, 3.8) is 0 Å². The Kier molecular flexibility index (Phi) is 10.5. The summed E-state index contributed by atoms with van der Waals surface area (Å²) in [6.07, 6.45) is -12.4. The molecule has 1 N–H and O–H groups in total. The predicted molar refractivity (Wildman–Crippen MR) is 152 cm³/mol. The van der Waals surface area contributed by atoms with Crippen LogP contribution >= 0.6 is 0 Å². The Hall–Kier alpha value is -4.39. The highest BCUT2D eigenvalue weighted by molar-refractivity contribution is 5.87. The van der Waals surface area contributed by atoms with Gasteiger partial charge in [-0.1, -0.05) is 67.9 Å². The van der Waals surface area contributed by atoms with E-state index in [4.69, 9.17) is 0 Å². The molecule has 240 valence electrons. The molecule has 3 aromatic carbocycles. The molecule has 4 rings (SSSR count). The van der Waals surface area contributed by atoms with Crippen molar-refractivity contribution in [2.45, 2.75) is 64.7 Å². The molecule has 0 aliphatic carbocycles. The van der Waals surface area contributed by atoms with Crippen LogP contribution in [0.2, 0.25) is 0 Å². The molecule has 45 heavy (non-hydrogen) atoms. The number of aromatic carboxylic acids is 1. The molecule has 0 aliphatic rings. The summed E-state index contributed by atoms with van der Waals surface area (Å²) in [5, 5.41) is 9.25. The molecule has 0 spiro atoms. The van der Waals surface area contributed by atoms with Gasteiger partial charge in [0.15, 0.2) is 5.69 Å². The van der Waals surface area contributed by atoms with Gasteiger partial charge in [0.1, 0.15) is 11.6 Å². The first-order chi connectivity index (χ1) is 21.3. The topological polar surface area (TPSA) is 67.6 Å². The Bertz CT molecular complexity index is 1570. The van der Waals surface area contributed by atoms with E-state index in [0.29, 0.717) is 29.5 Å². The van der Waals surface area contributed by atoms with Gasteiger partial charge < -0.3 is 14.4 Å². The monoisotopic (exact) mass is 637 g/mol. The normalized spacial score (nSPS) is 12.2. The fourth-order valence-corrected chi connectivity index (χ4v) is 4.80. The third-order valence-electron chi connectivity index (χ3n) is 6.90. The van der Waals surface area contributed by atoms with Crippen molar-refractivity contribution in [2.75, 3.05) is 0 Å². The number of nitrogens with zero attached hydrogens (tertiary/aromatic N) is 3. The highest BCUT2D eigenvalue weighted by Gasteiger charge is 2.44. The number of halogens is 7. The first-order valence-electron chi connectivity index (χ1n) is 14.0. The first-order valence-corrected chi connectivity index (χ1v) is 14.0. The summed E-state index contributed by atoms with van der Waals surface area (Å²) in [7, 11) is 0. The van der Waals surface area contributed by atoms with E-state index >= 15 is 0 Å². The van der Waals surface area contributed by atoms with Crippen LogP contribution in [-0.2, 0) is 32.4 Å². The number of hydrogen-bond acceptors (Lipinski definition) is 4. The van der Waals surface area contributed by atoms with Gasteiger partial charge in [-0.3, -0.25) is 4.90 Å². The van der Waals surface area contributed by atoms with Crippen LogP contribution in [0.25, 0.3) is 11.4 Å². The van der Waals surface area contributed by atoms with Gasteiger partial charge >= 0.3 is 24.7 Å². The van der Waals surface area contributed by atoms with Crippen LogP contribution in [0.1, 0.15) is 52.6 Å². The lowest BCUT2D eigenvalue weighted by atomic mass is 10.1. The molecule has 0 radical (unpaired) electrons. The number of carbonyl (C=O) groups is 1. The van der Waals surface area contributed by atoms with E-state index in [9.17, 15) is 40.6 Å². The molecule has 6 nitrogen and oxygen atoms in total. The maximum Gasteiger partial charge on any atom is 0.461 e. The lowest BCUT2D eigenvalue weighted by Crippen LogP contribution is -2.33. The van der Waals surface area contributed by atoms with E-state index in [2.05, 4.69) is 9.72 Å². The maximum atomic E-state index is 14.5. The average molecular weight is 638 g/mol. The van der Waals surface area contributed by atoms with E-state index in [1.165, 1.54) is 41.0 Å². The molecule has 0 amide bonds. The number of unbranched alkanes of at least 4 members (excludes halogenated alkanes) is 1. The molecular formula is C32H30F7N3O3. The molecule has 0 saturated heterocycles. The molecule has 1 heterocycles. The number of benzene rings is 3. The second-order valence-corrected chi connectivity index (χ2v) is 10.4. The van der Waals surface area contributed by atoms with Gasteiger partial charge in [-0.05, 0) is 41.8 Å². The van der Waals surface area contributed by atoms with Gasteiger partial charge in [-0.2, -0.15) is 30.7 Å². The van der Waals surface area contributed by atoms with E-state index in [1.807, 2.05) is 6.92 Å². The molecule has 0 bridgehead atoms. The van der Waals surface area contributed by atoms with Crippen LogP contribution in [0.5, 0.6) is 5.75 Å². The molecular weight excluding hydrogens is 607 g/mol. The minimum Gasteiger partial charge on any atom is -0.478 e. The Morgan fingerprint density at radius 3 is 2.18 bits per heavy atom. The molecule has 0 unspecified atom stereocenters. The van der Waals surface area contributed by atoms with E-state index in [0.717, 1.165) is 12.1 Å². The predicted octanol–water partition coefficient (Wildman–Crippen LogP) is 8.51. The zero-order chi connectivity index (χ0) is 32.8. The van der Waals surface area contributed by atoms with Crippen molar-refractivity contribution in [3.8, 4) is 17.1 Å². The largest absolute Gasteiger partial charge is 0.478 e. The molecule has 0 atom stereocenters. The van der Waals surface area contributed by atoms with Crippen molar-refractivity contribution in [2.24, 2.45) is 0 Å². The Labute approximate surface area is 254 Å². The van der Waals surface area contributed by atoms with Crippen LogP contribution in [0, 0.1) is 0 Å². The maximum absolute atomic E-state index is 14.5. The van der Waals surface area contributed by atoms with Gasteiger partial charge in [0.2, 0.25) is 0 Å². The van der Waals surface area contributed by atoms with Crippen molar-refractivity contribution >= 4 is 5.97 Å². The number of imidazole rings is 1. The summed E-state index contributed by atoms with van der Waals surface area (Å²) in [4.78, 5) is 17.0. The van der Waals surface area contributed by atoms with E-state index in [-0.39, 0.29) is 43.3 Å². The zero-order valence-corrected chi connectivity index (χ0v) is 24.1. The first kappa shape index (κ1) is 33.5. The Morgan fingerprint density at radius 1 is 0.911 bits per heavy atom. The highest BCUT2D eigenvalue weighted by Crippen LogP contribution is 2.36. The number of carboxylic acids is 1. The number of alkyl halides is 7. The zero-order valence-electron chi connectivity index (χ0n) is 24.1. The number of ether oxygens (including phenoxy) is 1. The summed E-state index contributed by atoms with van der Waals surface area (Å²) in [5.41, 5.74) is 0.181. The van der Waals surface area contributed by atoms with E-state index < -0.39 is 36.1 Å². The quantitative estimate of drug-likeness (QED) is 0.141. The summed E-state index contributed by atoms with van der Waals surface area (Å²) < 4.78 is 102. The summed E-state index contributed by atoms with van der Waals surface area (Å²) in [6.45, 7) is 1.77. The Balaban J connectivity index is 1.77. The van der Waals surface area contributed by atoms with Crippen LogP contribution in [-0.4, -0.2) is 38.1 Å². The molecule has 13 heteroatoms. The van der Waals surface area contributed by atoms with Crippen LogP contribution in [0.4, 0.5) is 30.7 Å². The molecule has 0 saturated carbocycles. The number of rotatable bonds is 14. The Morgan fingerprint density at radius 2 is 1.58 bits per heavy atom. The van der Waals surface area contributed by atoms with Crippen molar-refractivity contribution in [3.05, 3.63) is 107 Å². The van der Waals surface area contributed by atoms with Gasteiger partial charge in [-0.25, -0.2) is 9.78 Å². The lowest BCUT2D eigenvalue weighted by Gasteiger charge is -2.25. The standard InChI is InChI=1S/C32H30F7N3O3/c1-2-3-16-42-26(27(31(35,36)37)40-28(42)23-9-5-4-6-10-23)20-41(18-21-12-14-24(15-13-21)29(43)44)19-22-8-7-11-25(17-22)45-32(38,39)30(33)34/h4-15,17,30H,2-3,16,18-20H2,1H3,(H,43,44). The molecule has 0 aliphatic heterocycles. The summed E-state index contributed by atoms with van der Waals surface area (Å²) in [5.74, 6) is -1.56. The van der Waals surface area contributed by atoms with Gasteiger partial charge in [0.25, 0.3) is 0 Å². The minimum absolute atomic E-state index is 0.0135. The number of carboxylic acid groups (broad SMARTS) is 1. The minimum atomic E-state index is -4.81. The third kappa shape index (κ3) is 8.62. The fourth-order valence-electron chi connectivity index (χ4n) is 4.80.